The summed E-state index contributed by atoms with van der Waals surface area (Å²) in [5.41, 5.74) is 1.50. The molecule has 1 aromatic carbocycles. The van der Waals surface area contributed by atoms with E-state index in [0.29, 0.717) is 21.3 Å². The quantitative estimate of drug-likeness (QED) is 0.778. The van der Waals surface area contributed by atoms with E-state index < -0.39 is 5.82 Å². The fourth-order valence-electron chi connectivity index (χ4n) is 1.72. The van der Waals surface area contributed by atoms with Crippen molar-refractivity contribution in [3.8, 4) is 29.0 Å². The molecular weight excluding hydrogens is 327 g/mol. The Bertz CT molecular complexity index is 798. The van der Waals surface area contributed by atoms with Gasteiger partial charge in [-0.15, -0.1) is 0 Å². The van der Waals surface area contributed by atoms with Crippen molar-refractivity contribution in [2.45, 2.75) is 0 Å². The molecule has 3 aromatic rings. The third kappa shape index (κ3) is 2.33. The first-order valence-corrected chi connectivity index (χ1v) is 6.34. The molecule has 0 aliphatic rings. The van der Waals surface area contributed by atoms with E-state index in [4.69, 9.17) is 9.78 Å². The molecule has 3 rings (SSSR count). The predicted molar refractivity (Wildman–Crippen MR) is 71.9 cm³/mol. The molecule has 0 bridgehead atoms. The van der Waals surface area contributed by atoms with E-state index in [0.717, 1.165) is 0 Å². The minimum atomic E-state index is -0.396. The van der Waals surface area contributed by atoms with Gasteiger partial charge in [-0.3, -0.25) is 0 Å². The Hall–Kier alpha value is -2.46. The summed E-state index contributed by atoms with van der Waals surface area (Å²) < 4.78 is 19.0. The van der Waals surface area contributed by atoms with Crippen LogP contribution in [0.4, 0.5) is 4.39 Å². The second-order valence-electron chi connectivity index (χ2n) is 4.00. The average Bonchev–Trinajstić information content (AvgIpc) is 3.06. The van der Waals surface area contributed by atoms with Crippen molar-refractivity contribution in [1.82, 2.24) is 15.1 Å². The highest BCUT2D eigenvalue weighted by Crippen LogP contribution is 2.25. The summed E-state index contributed by atoms with van der Waals surface area (Å²) in [6.45, 7) is 0. The van der Waals surface area contributed by atoms with Crippen LogP contribution in [0.25, 0.3) is 23.0 Å². The Kier molecular flexibility index (Phi) is 3.08. The van der Waals surface area contributed by atoms with Crippen molar-refractivity contribution in [2.75, 3.05) is 0 Å². The molecular formula is C13H6BrFN4O. The number of nitriles is 1. The van der Waals surface area contributed by atoms with Crippen LogP contribution in [0.1, 0.15) is 5.56 Å². The fraction of sp³-hybridized carbons (Fsp3) is 0. The second kappa shape index (κ2) is 4.90. The monoisotopic (exact) mass is 332 g/mol. The number of halogens is 2. The van der Waals surface area contributed by atoms with Gasteiger partial charge in [-0.1, -0.05) is 21.1 Å². The third-order valence-corrected chi connectivity index (χ3v) is 3.05. The van der Waals surface area contributed by atoms with E-state index in [9.17, 15) is 4.39 Å². The molecule has 1 N–H and O–H groups in total. The van der Waals surface area contributed by atoms with E-state index in [1.807, 2.05) is 6.07 Å². The molecule has 0 saturated carbocycles. The van der Waals surface area contributed by atoms with Crippen molar-refractivity contribution < 1.29 is 8.91 Å². The molecule has 2 heterocycles. The first-order valence-electron chi connectivity index (χ1n) is 5.55. The molecule has 0 aliphatic heterocycles. The summed E-state index contributed by atoms with van der Waals surface area (Å²) >= 11 is 3.21. The van der Waals surface area contributed by atoms with Crippen LogP contribution >= 0.6 is 15.9 Å². The van der Waals surface area contributed by atoms with Gasteiger partial charge < -0.3 is 9.51 Å². The van der Waals surface area contributed by atoms with E-state index in [1.54, 1.807) is 12.1 Å². The fourth-order valence-corrected chi connectivity index (χ4v) is 2.18. The first kappa shape index (κ1) is 12.6. The number of benzene rings is 1. The van der Waals surface area contributed by atoms with Gasteiger partial charge in [0.2, 0.25) is 5.82 Å². The predicted octanol–water partition coefficient (Wildman–Crippen LogP) is 3.50. The minimum absolute atomic E-state index is 0.238. The lowest BCUT2D eigenvalue weighted by molar-refractivity contribution is 0.431. The Morgan fingerprint density at radius 2 is 2.15 bits per heavy atom. The number of nitrogens with one attached hydrogen (secondary N) is 1. The molecule has 0 spiro atoms. The van der Waals surface area contributed by atoms with Crippen molar-refractivity contribution in [3.63, 3.8) is 0 Å². The van der Waals surface area contributed by atoms with E-state index >= 15 is 0 Å². The molecule has 7 heteroatoms. The van der Waals surface area contributed by atoms with E-state index in [-0.39, 0.29) is 11.7 Å². The van der Waals surface area contributed by atoms with Gasteiger partial charge in [-0.25, -0.2) is 4.39 Å². The van der Waals surface area contributed by atoms with Gasteiger partial charge in [0.25, 0.3) is 5.89 Å². The van der Waals surface area contributed by atoms with Crippen LogP contribution in [0.15, 0.2) is 39.5 Å². The lowest BCUT2D eigenvalue weighted by Crippen LogP contribution is -1.84. The summed E-state index contributed by atoms with van der Waals surface area (Å²) in [4.78, 5) is 7.03. The highest BCUT2D eigenvalue weighted by molar-refractivity contribution is 9.10. The minimum Gasteiger partial charge on any atom is -0.356 e. The summed E-state index contributed by atoms with van der Waals surface area (Å²) in [5.74, 6) is 0.113. The zero-order chi connectivity index (χ0) is 14.1. The van der Waals surface area contributed by atoms with Crippen LogP contribution in [0, 0.1) is 17.1 Å². The summed E-state index contributed by atoms with van der Waals surface area (Å²) in [6.07, 6.45) is 1.54. The third-order valence-electron chi connectivity index (χ3n) is 2.59. The van der Waals surface area contributed by atoms with Crippen molar-refractivity contribution >= 4 is 15.9 Å². The number of nitrogens with zero attached hydrogens (tertiary/aromatic N) is 3. The van der Waals surface area contributed by atoms with Crippen molar-refractivity contribution in [3.05, 3.63) is 46.3 Å². The summed E-state index contributed by atoms with van der Waals surface area (Å²) in [6, 6.07) is 7.93. The zero-order valence-electron chi connectivity index (χ0n) is 9.89. The molecule has 2 aromatic heterocycles. The molecule has 5 nitrogen and oxygen atoms in total. The number of H-pyrrole nitrogens is 1. The summed E-state index contributed by atoms with van der Waals surface area (Å²) in [7, 11) is 0. The van der Waals surface area contributed by atoms with E-state index in [2.05, 4.69) is 31.1 Å². The van der Waals surface area contributed by atoms with Gasteiger partial charge in [0, 0.05) is 16.2 Å². The molecule has 0 atom stereocenters. The van der Waals surface area contributed by atoms with Crippen LogP contribution in [0.2, 0.25) is 0 Å². The standard InChI is InChI=1S/C13H6BrFN4O/c14-9-2-8(3-10(15)4-9)12-18-13(20-19-12)11-1-7(5-16)6-17-11/h1-4,6,17H. The number of hydrogen-bond acceptors (Lipinski definition) is 4. The molecule has 0 aliphatic carbocycles. The van der Waals surface area contributed by atoms with E-state index in [1.165, 1.54) is 18.3 Å². The topological polar surface area (TPSA) is 78.5 Å². The lowest BCUT2D eigenvalue weighted by atomic mass is 10.2. The van der Waals surface area contributed by atoms with Crippen LogP contribution in [0.5, 0.6) is 0 Å². The number of aromatic nitrogens is 3. The molecule has 0 fully saturated rings. The first-order chi connectivity index (χ1) is 9.65. The van der Waals surface area contributed by atoms with Crippen molar-refractivity contribution in [1.29, 1.82) is 5.26 Å². The van der Waals surface area contributed by atoms with Gasteiger partial charge in [-0.2, -0.15) is 10.2 Å². The van der Waals surface area contributed by atoms with Gasteiger partial charge in [0.1, 0.15) is 17.6 Å². The van der Waals surface area contributed by atoms with Gasteiger partial charge in [0.15, 0.2) is 0 Å². The molecule has 0 unspecified atom stereocenters. The molecule has 0 radical (unpaired) electrons. The van der Waals surface area contributed by atoms with Crippen LogP contribution in [-0.2, 0) is 0 Å². The SMILES string of the molecule is N#Cc1c[nH]c(-c2nc(-c3cc(F)cc(Br)c3)no2)c1. The smallest absolute Gasteiger partial charge is 0.274 e. The Morgan fingerprint density at radius 3 is 2.85 bits per heavy atom. The van der Waals surface area contributed by atoms with Crippen LogP contribution in [-0.4, -0.2) is 15.1 Å². The number of hydrogen-bond donors (Lipinski definition) is 1. The highest BCUT2D eigenvalue weighted by atomic mass is 79.9. The largest absolute Gasteiger partial charge is 0.356 e. The lowest BCUT2D eigenvalue weighted by Gasteiger charge is -1.96. The second-order valence-corrected chi connectivity index (χ2v) is 4.91. The maximum absolute atomic E-state index is 13.3. The maximum atomic E-state index is 13.3. The number of rotatable bonds is 2. The average molecular weight is 333 g/mol. The molecule has 98 valence electrons. The Morgan fingerprint density at radius 1 is 1.30 bits per heavy atom. The van der Waals surface area contributed by atoms with Crippen molar-refractivity contribution in [2.24, 2.45) is 0 Å². The van der Waals surface area contributed by atoms with Crippen LogP contribution in [0.3, 0.4) is 0 Å². The maximum Gasteiger partial charge on any atom is 0.274 e. The highest BCUT2D eigenvalue weighted by Gasteiger charge is 2.13. The molecule has 0 saturated heterocycles. The normalized spacial score (nSPS) is 10.4. The van der Waals surface area contributed by atoms with Gasteiger partial charge >= 0.3 is 0 Å². The number of aromatic amines is 1. The Balaban J connectivity index is 1.99. The van der Waals surface area contributed by atoms with Gasteiger partial charge in [-0.05, 0) is 24.3 Å². The molecule has 20 heavy (non-hydrogen) atoms. The van der Waals surface area contributed by atoms with Gasteiger partial charge in [0.05, 0.1) is 5.56 Å². The Labute approximate surface area is 121 Å². The summed E-state index contributed by atoms with van der Waals surface area (Å²) in [5, 5.41) is 12.6. The molecule has 0 amide bonds. The zero-order valence-corrected chi connectivity index (χ0v) is 11.5. The van der Waals surface area contributed by atoms with Crippen LogP contribution < -0.4 is 0 Å².